The van der Waals surface area contributed by atoms with Gasteiger partial charge in [0.05, 0.1) is 11.2 Å². The summed E-state index contributed by atoms with van der Waals surface area (Å²) in [7, 11) is 0. The number of aromatic nitrogens is 2. The first-order valence-electron chi connectivity index (χ1n) is 8.89. The maximum atomic E-state index is 12.1. The van der Waals surface area contributed by atoms with Crippen LogP contribution in [0.25, 0.3) is 0 Å². The van der Waals surface area contributed by atoms with Gasteiger partial charge in [0.1, 0.15) is 12.4 Å². The Bertz CT molecular complexity index is 947. The number of ether oxygens (including phenoxy) is 1. The molecular weight excluding hydrogens is 378 g/mol. The van der Waals surface area contributed by atoms with Gasteiger partial charge in [-0.15, -0.1) is 11.3 Å². The fraction of sp³-hybridized carbons (Fsp3) is 0.300. The van der Waals surface area contributed by atoms with Crippen molar-refractivity contribution in [1.29, 1.82) is 0 Å². The number of carbonyl (C=O) groups excluding carboxylic acids is 2. The van der Waals surface area contributed by atoms with E-state index in [1.807, 2.05) is 12.4 Å². The van der Waals surface area contributed by atoms with Gasteiger partial charge in [0, 0.05) is 23.1 Å². The van der Waals surface area contributed by atoms with E-state index in [0.29, 0.717) is 23.6 Å². The minimum Gasteiger partial charge on any atom is -0.486 e. The molecule has 0 fully saturated rings. The number of Topliss-reactive ketones (excluding diaryl/α,β-unsaturated/α-hetero) is 1. The third kappa shape index (κ3) is 5.26. The minimum absolute atomic E-state index is 0.000344. The molecule has 1 N–H and O–H groups in total. The van der Waals surface area contributed by atoms with Crippen LogP contribution < -0.4 is 10.1 Å². The average Bonchev–Trinajstić information content (AvgIpc) is 3.33. The Morgan fingerprint density at radius 3 is 2.71 bits per heavy atom. The molecule has 2 heterocycles. The van der Waals surface area contributed by atoms with Gasteiger partial charge in [-0.2, -0.15) is 0 Å². The van der Waals surface area contributed by atoms with Crippen molar-refractivity contribution in [1.82, 2.24) is 15.5 Å². The van der Waals surface area contributed by atoms with Gasteiger partial charge in [-0.25, -0.2) is 4.98 Å². The Balaban J connectivity index is 1.43. The van der Waals surface area contributed by atoms with Gasteiger partial charge in [-0.3, -0.25) is 9.59 Å². The molecule has 0 aliphatic heterocycles. The van der Waals surface area contributed by atoms with E-state index < -0.39 is 0 Å². The van der Waals surface area contributed by atoms with Crippen LogP contribution in [-0.2, 0) is 13.0 Å². The summed E-state index contributed by atoms with van der Waals surface area (Å²) in [6.07, 6.45) is 1.72. The van der Waals surface area contributed by atoms with E-state index in [-0.39, 0.29) is 24.0 Å². The second-order valence-corrected chi connectivity index (χ2v) is 7.21. The largest absolute Gasteiger partial charge is 0.486 e. The molecule has 1 amide bonds. The van der Waals surface area contributed by atoms with Crippen LogP contribution in [0.1, 0.15) is 50.5 Å². The second-order valence-electron chi connectivity index (χ2n) is 6.27. The molecule has 3 rings (SSSR count). The number of amides is 1. The van der Waals surface area contributed by atoms with E-state index in [9.17, 15) is 9.59 Å². The van der Waals surface area contributed by atoms with Crippen molar-refractivity contribution in [3.8, 4) is 5.75 Å². The molecule has 0 bridgehead atoms. The third-order valence-corrected chi connectivity index (χ3v) is 5.14. The molecule has 7 nitrogen and oxygen atoms in total. The first-order chi connectivity index (χ1) is 13.5. The fourth-order valence-corrected chi connectivity index (χ4v) is 3.36. The lowest BCUT2D eigenvalue weighted by atomic mass is 10.1. The maximum Gasteiger partial charge on any atom is 0.273 e. The predicted molar refractivity (Wildman–Crippen MR) is 105 cm³/mol. The first kappa shape index (κ1) is 19.8. The molecule has 1 aromatic carbocycles. The molecule has 0 spiro atoms. The number of thiazole rings is 1. The van der Waals surface area contributed by atoms with Crippen LogP contribution in [0.2, 0.25) is 0 Å². The summed E-state index contributed by atoms with van der Waals surface area (Å²) in [5, 5.41) is 6.62. The van der Waals surface area contributed by atoms with Crippen molar-refractivity contribution >= 4 is 23.0 Å². The number of aryl methyl sites for hydroxylation is 2. The molecule has 2 aromatic heterocycles. The van der Waals surface area contributed by atoms with Crippen molar-refractivity contribution < 1.29 is 18.8 Å². The van der Waals surface area contributed by atoms with Gasteiger partial charge >= 0.3 is 0 Å². The Morgan fingerprint density at radius 1 is 1.25 bits per heavy atom. The fourth-order valence-electron chi connectivity index (χ4n) is 2.54. The highest BCUT2D eigenvalue weighted by molar-refractivity contribution is 7.09. The zero-order valence-electron chi connectivity index (χ0n) is 15.7. The molecule has 0 radical (unpaired) electrons. The Labute approximate surface area is 166 Å². The maximum absolute atomic E-state index is 12.1. The molecule has 3 aromatic rings. The zero-order chi connectivity index (χ0) is 19.9. The summed E-state index contributed by atoms with van der Waals surface area (Å²) in [5.74, 6) is 0.772. The van der Waals surface area contributed by atoms with Crippen molar-refractivity contribution in [2.24, 2.45) is 0 Å². The van der Waals surface area contributed by atoms with E-state index in [4.69, 9.17) is 9.26 Å². The lowest BCUT2D eigenvalue weighted by Crippen LogP contribution is -2.25. The van der Waals surface area contributed by atoms with Gasteiger partial charge in [-0.1, -0.05) is 5.16 Å². The van der Waals surface area contributed by atoms with Crippen LogP contribution in [-0.4, -0.2) is 28.4 Å². The number of ketones is 1. The molecule has 146 valence electrons. The van der Waals surface area contributed by atoms with Crippen molar-refractivity contribution in [2.75, 3.05) is 6.54 Å². The van der Waals surface area contributed by atoms with Gasteiger partial charge in [0.15, 0.2) is 17.2 Å². The van der Waals surface area contributed by atoms with Gasteiger partial charge < -0.3 is 14.6 Å². The second kappa shape index (κ2) is 9.27. The normalized spacial score (nSPS) is 10.6. The lowest BCUT2D eigenvalue weighted by molar-refractivity contribution is 0.0943. The van der Waals surface area contributed by atoms with Gasteiger partial charge in [-0.05, 0) is 51.0 Å². The highest BCUT2D eigenvalue weighted by Gasteiger charge is 2.13. The highest BCUT2D eigenvalue weighted by atomic mass is 32.1. The SMILES string of the molecule is CC(=O)c1ccc(OCc2cc(C(=O)NCCCc3scnc3C)no2)cc1. The average molecular weight is 399 g/mol. The van der Waals surface area contributed by atoms with E-state index in [1.165, 1.54) is 11.8 Å². The number of rotatable bonds is 9. The van der Waals surface area contributed by atoms with Crippen LogP contribution in [0.3, 0.4) is 0 Å². The monoisotopic (exact) mass is 399 g/mol. The smallest absolute Gasteiger partial charge is 0.273 e. The summed E-state index contributed by atoms with van der Waals surface area (Å²) in [6, 6.07) is 8.39. The lowest BCUT2D eigenvalue weighted by Gasteiger charge is -2.04. The van der Waals surface area contributed by atoms with E-state index in [0.717, 1.165) is 18.5 Å². The molecule has 0 atom stereocenters. The molecule has 0 unspecified atom stereocenters. The number of hydrogen-bond donors (Lipinski definition) is 1. The minimum atomic E-state index is -0.276. The Kier molecular flexibility index (Phi) is 6.54. The van der Waals surface area contributed by atoms with Crippen molar-refractivity contribution in [2.45, 2.75) is 33.3 Å². The molecule has 0 saturated carbocycles. The summed E-state index contributed by atoms with van der Waals surface area (Å²) in [4.78, 5) is 28.9. The van der Waals surface area contributed by atoms with Crippen LogP contribution >= 0.6 is 11.3 Å². The molecule has 28 heavy (non-hydrogen) atoms. The topological polar surface area (TPSA) is 94.3 Å². The Hall–Kier alpha value is -3.00. The summed E-state index contributed by atoms with van der Waals surface area (Å²) in [5.41, 5.74) is 3.73. The van der Waals surface area contributed by atoms with Gasteiger partial charge in [0.25, 0.3) is 5.91 Å². The van der Waals surface area contributed by atoms with E-state index in [1.54, 1.807) is 41.7 Å². The molecular formula is C20H21N3O4S. The molecule has 0 aliphatic rings. The zero-order valence-corrected chi connectivity index (χ0v) is 16.5. The van der Waals surface area contributed by atoms with Gasteiger partial charge in [0.2, 0.25) is 0 Å². The first-order valence-corrected chi connectivity index (χ1v) is 9.77. The van der Waals surface area contributed by atoms with E-state index in [2.05, 4.69) is 15.5 Å². The Morgan fingerprint density at radius 2 is 2.04 bits per heavy atom. The number of carbonyl (C=O) groups is 2. The molecule has 0 aliphatic carbocycles. The number of hydrogen-bond acceptors (Lipinski definition) is 7. The van der Waals surface area contributed by atoms with E-state index >= 15 is 0 Å². The predicted octanol–water partition coefficient (Wildman–Crippen LogP) is 3.58. The van der Waals surface area contributed by atoms with Crippen molar-refractivity contribution in [3.05, 3.63) is 63.4 Å². The quantitative estimate of drug-likeness (QED) is 0.437. The summed E-state index contributed by atoms with van der Waals surface area (Å²) >= 11 is 1.63. The number of nitrogens with zero attached hydrogens (tertiary/aromatic N) is 2. The molecule has 0 saturated heterocycles. The van der Waals surface area contributed by atoms with Crippen molar-refractivity contribution in [3.63, 3.8) is 0 Å². The standard InChI is InChI=1S/C20H21N3O4S/c1-13-19(28-12-22-13)4-3-9-21-20(25)18-10-17(27-23-18)11-26-16-7-5-15(6-8-16)14(2)24/h5-8,10,12H,3-4,9,11H2,1-2H3,(H,21,25). The third-order valence-electron chi connectivity index (χ3n) is 4.14. The number of nitrogens with one attached hydrogen (secondary N) is 1. The number of benzene rings is 1. The highest BCUT2D eigenvalue weighted by Crippen LogP contribution is 2.16. The summed E-state index contributed by atoms with van der Waals surface area (Å²) < 4.78 is 10.7. The van der Waals surface area contributed by atoms with Crippen LogP contribution in [0.4, 0.5) is 0 Å². The summed E-state index contributed by atoms with van der Waals surface area (Å²) in [6.45, 7) is 4.19. The van der Waals surface area contributed by atoms with Crippen LogP contribution in [0.15, 0.2) is 40.4 Å². The van der Waals surface area contributed by atoms with Crippen LogP contribution in [0.5, 0.6) is 5.75 Å². The van der Waals surface area contributed by atoms with Crippen LogP contribution in [0, 0.1) is 6.92 Å². The molecule has 8 heteroatoms.